The third-order valence-corrected chi connectivity index (χ3v) is 4.06. The summed E-state index contributed by atoms with van der Waals surface area (Å²) in [6.07, 6.45) is 1.48. The van der Waals surface area contributed by atoms with Gasteiger partial charge in [-0.3, -0.25) is 0 Å². The molecule has 2 aromatic carbocycles. The normalized spacial score (nSPS) is 14.8. The van der Waals surface area contributed by atoms with Crippen molar-refractivity contribution < 1.29 is 27.8 Å². The first-order chi connectivity index (χ1) is 13.4. The second kappa shape index (κ2) is 8.39. The van der Waals surface area contributed by atoms with Crippen LogP contribution in [0.1, 0.15) is 25.0 Å². The number of benzene rings is 2. The minimum absolute atomic E-state index is 0.0194. The molecule has 2 aromatic rings. The van der Waals surface area contributed by atoms with Gasteiger partial charge in [0.1, 0.15) is 11.5 Å². The van der Waals surface area contributed by atoms with Gasteiger partial charge < -0.3 is 14.2 Å². The van der Waals surface area contributed by atoms with Crippen LogP contribution in [-0.2, 0) is 9.53 Å². The molecular formula is C20H16ClF2NO4. The highest BCUT2D eigenvalue weighted by molar-refractivity contribution is 6.34. The number of hydrogen-bond donors (Lipinski definition) is 0. The molecule has 0 bridgehead atoms. The van der Waals surface area contributed by atoms with Crippen molar-refractivity contribution in [1.29, 1.82) is 0 Å². The van der Waals surface area contributed by atoms with Crippen LogP contribution in [0.4, 0.5) is 8.78 Å². The van der Waals surface area contributed by atoms with Crippen molar-refractivity contribution in [3.8, 4) is 11.5 Å². The Kier molecular flexibility index (Phi) is 5.94. The summed E-state index contributed by atoms with van der Waals surface area (Å²) in [5.41, 5.74) is 0.536. The maximum Gasteiger partial charge on any atom is 0.363 e. The fourth-order valence-electron chi connectivity index (χ4n) is 2.53. The number of aliphatic imine (C=N–C) groups is 1. The number of rotatable bonds is 6. The van der Waals surface area contributed by atoms with Crippen LogP contribution in [0.25, 0.3) is 6.08 Å². The molecule has 1 aliphatic rings. The molecule has 0 unspecified atom stereocenters. The highest BCUT2D eigenvalue weighted by atomic mass is 35.5. The van der Waals surface area contributed by atoms with Crippen LogP contribution in [0.15, 0.2) is 41.0 Å². The van der Waals surface area contributed by atoms with Crippen LogP contribution in [0.2, 0.25) is 5.02 Å². The molecule has 0 N–H and O–H groups in total. The van der Waals surface area contributed by atoms with Crippen LogP contribution in [0.5, 0.6) is 11.5 Å². The van der Waals surface area contributed by atoms with Crippen molar-refractivity contribution in [3.05, 3.63) is 63.8 Å². The molecule has 0 spiro atoms. The molecule has 0 aliphatic carbocycles. The van der Waals surface area contributed by atoms with E-state index in [9.17, 15) is 13.6 Å². The third kappa shape index (κ3) is 4.14. The van der Waals surface area contributed by atoms with E-state index in [-0.39, 0.29) is 22.2 Å². The fourth-order valence-corrected chi connectivity index (χ4v) is 2.76. The Bertz CT molecular complexity index is 988. The zero-order valence-corrected chi connectivity index (χ0v) is 15.8. The summed E-state index contributed by atoms with van der Waals surface area (Å²) in [6.45, 7) is 4.61. The Morgan fingerprint density at radius 1 is 1.11 bits per heavy atom. The number of halogens is 3. The molecule has 1 heterocycles. The van der Waals surface area contributed by atoms with Gasteiger partial charge in [-0.05, 0) is 44.2 Å². The van der Waals surface area contributed by atoms with E-state index < -0.39 is 17.6 Å². The maximum absolute atomic E-state index is 13.5. The molecule has 0 radical (unpaired) electrons. The fraction of sp³-hybridized carbons (Fsp3) is 0.200. The first-order valence-corrected chi connectivity index (χ1v) is 8.87. The summed E-state index contributed by atoms with van der Waals surface area (Å²) < 4.78 is 42.9. The van der Waals surface area contributed by atoms with Crippen LogP contribution >= 0.6 is 11.6 Å². The van der Waals surface area contributed by atoms with Gasteiger partial charge in [0.05, 0.1) is 23.8 Å². The van der Waals surface area contributed by atoms with Crippen LogP contribution in [0, 0.1) is 11.6 Å². The molecule has 0 saturated carbocycles. The summed E-state index contributed by atoms with van der Waals surface area (Å²) in [7, 11) is 0. The Morgan fingerprint density at radius 3 is 2.54 bits per heavy atom. The Labute approximate surface area is 165 Å². The van der Waals surface area contributed by atoms with Crippen molar-refractivity contribution in [2.45, 2.75) is 13.8 Å². The van der Waals surface area contributed by atoms with Crippen LogP contribution in [-0.4, -0.2) is 25.1 Å². The standard InChI is InChI=1S/C20H16ClF2NO4/c1-3-26-12-6-5-11(18(8-12)27-4-2)7-17-20(25)28-19(24-17)13-9-15(22)16(23)10-14(13)21/h5-10H,3-4H2,1-2H3. The lowest BCUT2D eigenvalue weighted by atomic mass is 10.1. The van der Waals surface area contributed by atoms with Gasteiger partial charge in [0.25, 0.3) is 0 Å². The van der Waals surface area contributed by atoms with Gasteiger partial charge in [0, 0.05) is 11.6 Å². The van der Waals surface area contributed by atoms with Crippen molar-refractivity contribution in [3.63, 3.8) is 0 Å². The maximum atomic E-state index is 13.5. The summed E-state index contributed by atoms with van der Waals surface area (Å²) in [5.74, 6) is -2.05. The first kappa shape index (κ1) is 19.8. The predicted molar refractivity (Wildman–Crippen MR) is 101 cm³/mol. The zero-order valence-electron chi connectivity index (χ0n) is 15.1. The lowest BCUT2D eigenvalue weighted by Gasteiger charge is -2.10. The smallest absolute Gasteiger partial charge is 0.363 e. The van der Waals surface area contributed by atoms with Gasteiger partial charge in [-0.1, -0.05) is 11.6 Å². The zero-order chi connectivity index (χ0) is 20.3. The highest BCUT2D eigenvalue weighted by Gasteiger charge is 2.27. The van der Waals surface area contributed by atoms with E-state index >= 15 is 0 Å². The summed E-state index contributed by atoms with van der Waals surface area (Å²) in [6, 6.07) is 6.78. The summed E-state index contributed by atoms with van der Waals surface area (Å²) in [4.78, 5) is 16.3. The molecule has 3 rings (SSSR count). The molecule has 0 saturated heterocycles. The molecule has 8 heteroatoms. The Morgan fingerprint density at radius 2 is 1.82 bits per heavy atom. The van der Waals surface area contributed by atoms with Gasteiger partial charge >= 0.3 is 5.97 Å². The number of esters is 1. The van der Waals surface area contributed by atoms with E-state index in [1.54, 1.807) is 18.2 Å². The number of ether oxygens (including phenoxy) is 3. The van der Waals surface area contributed by atoms with E-state index in [0.717, 1.165) is 12.1 Å². The van der Waals surface area contributed by atoms with Crippen LogP contribution < -0.4 is 9.47 Å². The molecule has 0 amide bonds. The number of carbonyl (C=O) groups excluding carboxylic acids is 1. The number of nitrogens with zero attached hydrogens (tertiary/aromatic N) is 1. The van der Waals surface area contributed by atoms with Crippen molar-refractivity contribution >= 4 is 29.5 Å². The largest absolute Gasteiger partial charge is 0.494 e. The minimum atomic E-state index is -1.12. The molecule has 1 aliphatic heterocycles. The predicted octanol–water partition coefficient (Wildman–Crippen LogP) is 4.76. The van der Waals surface area contributed by atoms with Crippen molar-refractivity contribution in [2.75, 3.05) is 13.2 Å². The average molecular weight is 408 g/mol. The molecule has 146 valence electrons. The van der Waals surface area contributed by atoms with Gasteiger partial charge in [0.2, 0.25) is 5.90 Å². The number of carbonyl (C=O) groups is 1. The van der Waals surface area contributed by atoms with Gasteiger partial charge in [0.15, 0.2) is 17.3 Å². The van der Waals surface area contributed by atoms with Gasteiger partial charge in [-0.15, -0.1) is 0 Å². The lowest BCUT2D eigenvalue weighted by Crippen LogP contribution is -2.07. The van der Waals surface area contributed by atoms with E-state index in [0.29, 0.717) is 30.3 Å². The van der Waals surface area contributed by atoms with E-state index in [1.807, 2.05) is 13.8 Å². The average Bonchev–Trinajstić information content (AvgIpc) is 3.01. The topological polar surface area (TPSA) is 57.1 Å². The highest BCUT2D eigenvalue weighted by Crippen LogP contribution is 2.30. The van der Waals surface area contributed by atoms with Gasteiger partial charge in [-0.25, -0.2) is 18.6 Å². The lowest BCUT2D eigenvalue weighted by molar-refractivity contribution is -0.129. The minimum Gasteiger partial charge on any atom is -0.494 e. The molecule has 0 aromatic heterocycles. The summed E-state index contributed by atoms with van der Waals surface area (Å²) in [5, 5.41) is -0.122. The Hall–Kier alpha value is -2.93. The number of hydrogen-bond acceptors (Lipinski definition) is 5. The van der Waals surface area contributed by atoms with Crippen molar-refractivity contribution in [2.24, 2.45) is 4.99 Å². The number of cyclic esters (lactones) is 1. The SMILES string of the molecule is CCOc1ccc(C=C2N=C(c3cc(F)c(F)cc3Cl)OC2=O)c(OCC)c1. The van der Waals surface area contributed by atoms with E-state index in [4.69, 9.17) is 25.8 Å². The monoisotopic (exact) mass is 407 g/mol. The second-order valence-corrected chi connectivity index (χ2v) is 6.06. The molecule has 0 atom stereocenters. The molecule has 5 nitrogen and oxygen atoms in total. The molecule has 28 heavy (non-hydrogen) atoms. The Balaban J connectivity index is 1.99. The third-order valence-electron chi connectivity index (χ3n) is 3.75. The van der Waals surface area contributed by atoms with E-state index in [1.165, 1.54) is 6.08 Å². The second-order valence-electron chi connectivity index (χ2n) is 5.65. The molecule has 0 fully saturated rings. The quantitative estimate of drug-likeness (QED) is 0.393. The summed E-state index contributed by atoms with van der Waals surface area (Å²) >= 11 is 5.92. The van der Waals surface area contributed by atoms with Gasteiger partial charge in [-0.2, -0.15) is 0 Å². The first-order valence-electron chi connectivity index (χ1n) is 8.50. The van der Waals surface area contributed by atoms with Crippen LogP contribution in [0.3, 0.4) is 0 Å². The van der Waals surface area contributed by atoms with Crippen molar-refractivity contribution in [1.82, 2.24) is 0 Å². The molecular weight excluding hydrogens is 392 g/mol. The van der Waals surface area contributed by atoms with E-state index in [2.05, 4.69) is 4.99 Å².